The minimum Gasteiger partial charge on any atom is -0.442 e. The molecule has 3 amide bonds. The Balaban J connectivity index is 1.44. The molecule has 0 radical (unpaired) electrons. The predicted octanol–water partition coefficient (Wildman–Crippen LogP) is 2.79. The SMILES string of the molecule is O=C(CCl)N(C[C@H]1CN(c2ccc(N3CCOCC3O)cc2)C(=O)O1)C(=O)c1ccc(Cl)s1. The number of rotatable bonds is 6. The molecule has 2 aliphatic rings. The molecule has 33 heavy (non-hydrogen) atoms. The van der Waals surface area contributed by atoms with Crippen molar-refractivity contribution in [2.75, 3.05) is 48.5 Å². The van der Waals surface area contributed by atoms with Crippen LogP contribution in [-0.4, -0.2) is 79.0 Å². The lowest BCUT2D eigenvalue weighted by atomic mass is 10.2. The van der Waals surface area contributed by atoms with Crippen LogP contribution in [-0.2, 0) is 14.3 Å². The van der Waals surface area contributed by atoms with Gasteiger partial charge in [-0.15, -0.1) is 22.9 Å². The largest absolute Gasteiger partial charge is 0.442 e. The lowest BCUT2D eigenvalue weighted by Crippen LogP contribution is -2.45. The zero-order valence-corrected chi connectivity index (χ0v) is 19.7. The summed E-state index contributed by atoms with van der Waals surface area (Å²) >= 11 is 12.7. The molecule has 2 saturated heterocycles. The van der Waals surface area contributed by atoms with E-state index < -0.39 is 30.2 Å². The normalized spacial score (nSPS) is 20.6. The first kappa shape index (κ1) is 23.8. The third-order valence-electron chi connectivity index (χ3n) is 5.30. The van der Waals surface area contributed by atoms with E-state index in [0.717, 1.165) is 21.9 Å². The van der Waals surface area contributed by atoms with E-state index in [1.807, 2.05) is 4.90 Å². The number of benzene rings is 1. The van der Waals surface area contributed by atoms with E-state index in [0.29, 0.717) is 28.1 Å². The number of hydrogen-bond donors (Lipinski definition) is 1. The van der Waals surface area contributed by atoms with Gasteiger partial charge in [-0.1, -0.05) is 11.6 Å². The average molecular weight is 514 g/mol. The second-order valence-corrected chi connectivity index (χ2v) is 9.41. The van der Waals surface area contributed by atoms with Crippen molar-refractivity contribution in [2.24, 2.45) is 0 Å². The number of hydrogen-bond acceptors (Lipinski definition) is 8. The fraction of sp³-hybridized carbons (Fsp3) is 0.381. The average Bonchev–Trinajstić information content (AvgIpc) is 3.42. The first-order valence-corrected chi connectivity index (χ1v) is 11.9. The number of halogens is 2. The van der Waals surface area contributed by atoms with Gasteiger partial charge in [0, 0.05) is 17.9 Å². The molecule has 0 aliphatic carbocycles. The number of ether oxygens (including phenoxy) is 2. The molecule has 2 fully saturated rings. The number of anilines is 2. The van der Waals surface area contributed by atoms with Gasteiger partial charge in [0.2, 0.25) is 5.91 Å². The van der Waals surface area contributed by atoms with E-state index in [9.17, 15) is 19.5 Å². The zero-order valence-electron chi connectivity index (χ0n) is 17.4. The second-order valence-electron chi connectivity index (χ2n) is 7.43. The first-order valence-electron chi connectivity index (χ1n) is 10.1. The van der Waals surface area contributed by atoms with Gasteiger partial charge in [0.1, 0.15) is 12.0 Å². The van der Waals surface area contributed by atoms with Gasteiger partial charge in [0.15, 0.2) is 6.23 Å². The van der Waals surface area contributed by atoms with E-state index in [2.05, 4.69) is 0 Å². The number of thiophene rings is 1. The smallest absolute Gasteiger partial charge is 0.414 e. The van der Waals surface area contributed by atoms with Gasteiger partial charge < -0.3 is 19.5 Å². The summed E-state index contributed by atoms with van der Waals surface area (Å²) in [5.41, 5.74) is 1.40. The highest BCUT2D eigenvalue weighted by molar-refractivity contribution is 7.18. The van der Waals surface area contributed by atoms with Gasteiger partial charge in [-0.05, 0) is 36.4 Å². The van der Waals surface area contributed by atoms with E-state index in [1.54, 1.807) is 30.3 Å². The van der Waals surface area contributed by atoms with Crippen LogP contribution in [0, 0.1) is 0 Å². The Hall–Kier alpha value is -2.37. The number of morpholine rings is 1. The summed E-state index contributed by atoms with van der Waals surface area (Å²) < 4.78 is 11.1. The van der Waals surface area contributed by atoms with E-state index in [1.165, 1.54) is 11.0 Å². The molecular weight excluding hydrogens is 493 g/mol. The highest BCUT2D eigenvalue weighted by Crippen LogP contribution is 2.28. The number of imide groups is 1. The molecule has 4 rings (SSSR count). The molecule has 2 aliphatic heterocycles. The lowest BCUT2D eigenvalue weighted by Gasteiger charge is -2.34. The Morgan fingerprint density at radius 1 is 1.18 bits per heavy atom. The molecule has 12 heteroatoms. The fourth-order valence-electron chi connectivity index (χ4n) is 3.68. The molecule has 2 atom stereocenters. The quantitative estimate of drug-likeness (QED) is 0.592. The van der Waals surface area contributed by atoms with Crippen molar-refractivity contribution < 1.29 is 29.0 Å². The minimum atomic E-state index is -0.730. The minimum absolute atomic E-state index is 0.125. The molecule has 176 valence electrons. The number of amides is 3. The molecule has 3 heterocycles. The van der Waals surface area contributed by atoms with Crippen molar-refractivity contribution >= 4 is 63.8 Å². The third-order valence-corrected chi connectivity index (χ3v) is 6.75. The molecule has 0 spiro atoms. The van der Waals surface area contributed by atoms with Crippen molar-refractivity contribution in [3.05, 3.63) is 45.6 Å². The number of nitrogens with zero attached hydrogens (tertiary/aromatic N) is 3. The van der Waals surface area contributed by atoms with Crippen molar-refractivity contribution in [3.8, 4) is 0 Å². The van der Waals surface area contributed by atoms with Crippen LogP contribution in [0.25, 0.3) is 0 Å². The van der Waals surface area contributed by atoms with Gasteiger partial charge in [-0.2, -0.15) is 0 Å². The number of cyclic esters (lactones) is 1. The Morgan fingerprint density at radius 3 is 2.55 bits per heavy atom. The van der Waals surface area contributed by atoms with Crippen LogP contribution in [0.4, 0.5) is 16.2 Å². The maximum absolute atomic E-state index is 12.8. The third kappa shape index (κ3) is 5.25. The van der Waals surface area contributed by atoms with Crippen molar-refractivity contribution in [1.29, 1.82) is 0 Å². The molecule has 1 unspecified atom stereocenters. The Kier molecular flexibility index (Phi) is 7.40. The Bertz CT molecular complexity index is 1030. The summed E-state index contributed by atoms with van der Waals surface area (Å²) in [5.74, 6) is -1.51. The monoisotopic (exact) mass is 513 g/mol. The second kappa shape index (κ2) is 10.3. The van der Waals surface area contributed by atoms with E-state index >= 15 is 0 Å². The summed E-state index contributed by atoms with van der Waals surface area (Å²) in [6, 6.07) is 10.2. The van der Waals surface area contributed by atoms with Crippen molar-refractivity contribution in [1.82, 2.24) is 4.90 Å². The summed E-state index contributed by atoms with van der Waals surface area (Å²) in [5, 5.41) is 10.1. The van der Waals surface area contributed by atoms with Crippen molar-refractivity contribution in [3.63, 3.8) is 0 Å². The molecule has 9 nitrogen and oxygen atoms in total. The van der Waals surface area contributed by atoms with Crippen LogP contribution < -0.4 is 9.80 Å². The Morgan fingerprint density at radius 2 is 1.91 bits per heavy atom. The molecular formula is C21H21Cl2N3O6S. The number of aliphatic hydroxyl groups excluding tert-OH is 1. The van der Waals surface area contributed by atoms with Gasteiger partial charge in [-0.3, -0.25) is 19.4 Å². The van der Waals surface area contributed by atoms with Crippen LogP contribution >= 0.6 is 34.5 Å². The first-order chi connectivity index (χ1) is 15.9. The fourth-order valence-corrected chi connectivity index (χ4v) is 4.82. The summed E-state index contributed by atoms with van der Waals surface area (Å²) in [7, 11) is 0. The van der Waals surface area contributed by atoms with Crippen molar-refractivity contribution in [2.45, 2.75) is 12.3 Å². The number of aliphatic hydroxyl groups is 1. The van der Waals surface area contributed by atoms with Gasteiger partial charge >= 0.3 is 6.09 Å². The summed E-state index contributed by atoms with van der Waals surface area (Å²) in [4.78, 5) is 42.1. The molecule has 1 N–H and O–H groups in total. The van der Waals surface area contributed by atoms with E-state index in [-0.39, 0.29) is 25.6 Å². The van der Waals surface area contributed by atoms with Crippen LogP contribution in [0.3, 0.4) is 0 Å². The van der Waals surface area contributed by atoms with Crippen LogP contribution in [0.2, 0.25) is 4.34 Å². The maximum atomic E-state index is 12.8. The molecule has 0 bridgehead atoms. The number of carbonyl (C=O) groups is 3. The summed E-state index contributed by atoms with van der Waals surface area (Å²) in [6.45, 7) is 1.34. The number of alkyl halides is 1. The molecule has 1 aromatic carbocycles. The molecule has 0 saturated carbocycles. The topological polar surface area (TPSA) is 99.6 Å². The Labute approximate surface area is 204 Å². The van der Waals surface area contributed by atoms with Crippen LogP contribution in [0.15, 0.2) is 36.4 Å². The van der Waals surface area contributed by atoms with Gasteiger partial charge in [-0.25, -0.2) is 4.79 Å². The highest BCUT2D eigenvalue weighted by atomic mass is 35.5. The lowest BCUT2D eigenvalue weighted by molar-refractivity contribution is -0.126. The number of carbonyl (C=O) groups excluding carboxylic acids is 3. The standard InChI is InChI=1S/C21H21Cl2N3O6S/c22-9-18(27)26(20(29)16-5-6-17(23)33-16)11-15-10-25(21(30)32-15)14-3-1-13(2-4-14)24-7-8-31-12-19(24)28/h1-6,15,19,28H,7-12H2/t15-,19?/m1/s1. The maximum Gasteiger partial charge on any atom is 0.414 e. The molecule has 2 aromatic rings. The molecule has 1 aromatic heterocycles. The zero-order chi connectivity index (χ0) is 23.5. The van der Waals surface area contributed by atoms with Crippen LogP contribution in [0.1, 0.15) is 9.67 Å². The predicted molar refractivity (Wildman–Crippen MR) is 124 cm³/mol. The van der Waals surface area contributed by atoms with Crippen LogP contribution in [0.5, 0.6) is 0 Å². The highest BCUT2D eigenvalue weighted by Gasteiger charge is 2.36. The van der Waals surface area contributed by atoms with Gasteiger partial charge in [0.25, 0.3) is 5.91 Å². The summed E-state index contributed by atoms with van der Waals surface area (Å²) in [6.07, 6.45) is -2.03. The van der Waals surface area contributed by atoms with E-state index in [4.69, 9.17) is 32.7 Å². The van der Waals surface area contributed by atoms with Gasteiger partial charge in [0.05, 0.1) is 35.5 Å².